The van der Waals surface area contributed by atoms with Gasteiger partial charge in [-0.15, -0.1) is 0 Å². The quantitative estimate of drug-likeness (QED) is 0.809. The van der Waals surface area contributed by atoms with Crippen LogP contribution >= 0.6 is 0 Å². The number of aliphatic hydroxyl groups excluding tert-OH is 1. The van der Waals surface area contributed by atoms with E-state index in [1.807, 2.05) is 25.1 Å². The van der Waals surface area contributed by atoms with Gasteiger partial charge in [0.15, 0.2) is 0 Å². The average Bonchev–Trinajstić information content (AvgIpc) is 2.44. The molecule has 0 heterocycles. The van der Waals surface area contributed by atoms with Gasteiger partial charge in [0.1, 0.15) is 12.7 Å². The van der Waals surface area contributed by atoms with Gasteiger partial charge in [-0.3, -0.25) is 4.79 Å². The Bertz CT molecular complexity index is 500. The largest absolute Gasteiger partial charge is 0.384 e. The van der Waals surface area contributed by atoms with E-state index in [2.05, 4.69) is 17.2 Å². The Morgan fingerprint density at radius 3 is 2.84 bits per heavy atom. The Labute approximate surface area is 113 Å². The predicted octanol–water partition coefficient (Wildman–Crippen LogP) is 1.57. The molecule has 0 saturated carbocycles. The second kappa shape index (κ2) is 7.57. The van der Waals surface area contributed by atoms with Crippen molar-refractivity contribution in [3.05, 3.63) is 29.3 Å². The highest BCUT2D eigenvalue weighted by Crippen LogP contribution is 2.18. The van der Waals surface area contributed by atoms with Crippen LogP contribution in [-0.4, -0.2) is 30.8 Å². The summed E-state index contributed by atoms with van der Waals surface area (Å²) in [6, 6.07) is 5.55. The van der Waals surface area contributed by atoms with Crippen LogP contribution in [0.3, 0.4) is 0 Å². The molecule has 0 aliphatic carbocycles. The first-order valence-electron chi connectivity index (χ1n) is 6.18. The van der Waals surface area contributed by atoms with Gasteiger partial charge in [-0.2, -0.15) is 0 Å². The molecule has 1 rings (SSSR count). The van der Waals surface area contributed by atoms with Crippen LogP contribution in [0.1, 0.15) is 25.0 Å². The molecule has 0 radical (unpaired) electrons. The van der Waals surface area contributed by atoms with E-state index in [1.165, 1.54) is 7.11 Å². The van der Waals surface area contributed by atoms with Gasteiger partial charge >= 0.3 is 0 Å². The molecule has 1 atom stereocenters. The normalized spacial score (nSPS) is 11.4. The molecule has 0 aromatic heterocycles. The van der Waals surface area contributed by atoms with Gasteiger partial charge in [-0.05, 0) is 37.1 Å². The molecule has 4 heteroatoms. The van der Waals surface area contributed by atoms with Crippen molar-refractivity contribution >= 4 is 11.6 Å². The zero-order chi connectivity index (χ0) is 14.3. The third kappa shape index (κ3) is 4.40. The lowest BCUT2D eigenvalue weighted by atomic mass is 10.1. The SMILES string of the molecule is CCc1cc(C#CCO)ccc1NC(=O)C(C)OC. The zero-order valence-corrected chi connectivity index (χ0v) is 11.5. The molecule has 4 nitrogen and oxygen atoms in total. The smallest absolute Gasteiger partial charge is 0.253 e. The Balaban J connectivity index is 2.93. The van der Waals surface area contributed by atoms with E-state index >= 15 is 0 Å². The van der Waals surface area contributed by atoms with Crippen LogP contribution in [0.25, 0.3) is 0 Å². The number of methoxy groups -OCH3 is 1. The van der Waals surface area contributed by atoms with Crippen molar-refractivity contribution in [1.82, 2.24) is 0 Å². The minimum absolute atomic E-state index is 0.161. The minimum Gasteiger partial charge on any atom is -0.384 e. The topological polar surface area (TPSA) is 58.6 Å². The van der Waals surface area contributed by atoms with Crippen LogP contribution < -0.4 is 5.32 Å². The first-order chi connectivity index (χ1) is 9.12. The highest BCUT2D eigenvalue weighted by Gasteiger charge is 2.13. The summed E-state index contributed by atoms with van der Waals surface area (Å²) in [7, 11) is 1.50. The fourth-order valence-corrected chi connectivity index (χ4v) is 1.57. The number of ether oxygens (including phenoxy) is 1. The molecule has 0 fully saturated rings. The van der Waals surface area contributed by atoms with Gasteiger partial charge in [0.2, 0.25) is 0 Å². The van der Waals surface area contributed by atoms with Gasteiger partial charge in [-0.25, -0.2) is 0 Å². The lowest BCUT2D eigenvalue weighted by Gasteiger charge is -2.13. The second-order valence-electron chi connectivity index (χ2n) is 4.05. The van der Waals surface area contributed by atoms with E-state index in [4.69, 9.17) is 9.84 Å². The van der Waals surface area contributed by atoms with E-state index < -0.39 is 6.10 Å². The summed E-state index contributed by atoms with van der Waals surface area (Å²) >= 11 is 0. The molecule has 0 aliphatic rings. The number of hydrogen-bond donors (Lipinski definition) is 2. The number of nitrogens with one attached hydrogen (secondary N) is 1. The summed E-state index contributed by atoms with van der Waals surface area (Å²) in [5, 5.41) is 11.5. The Morgan fingerprint density at radius 2 is 2.26 bits per heavy atom. The molecule has 19 heavy (non-hydrogen) atoms. The number of rotatable bonds is 4. The van der Waals surface area contributed by atoms with Crippen molar-refractivity contribution in [2.45, 2.75) is 26.4 Å². The maximum absolute atomic E-state index is 11.8. The molecule has 1 unspecified atom stereocenters. The molecular formula is C15H19NO3. The number of carbonyl (C=O) groups excluding carboxylic acids is 1. The van der Waals surface area contributed by atoms with E-state index in [-0.39, 0.29) is 12.5 Å². The lowest BCUT2D eigenvalue weighted by molar-refractivity contribution is -0.124. The maximum atomic E-state index is 11.8. The predicted molar refractivity (Wildman–Crippen MR) is 74.9 cm³/mol. The molecule has 1 amide bonds. The Morgan fingerprint density at radius 1 is 1.53 bits per heavy atom. The standard InChI is InChI=1S/C15H19NO3/c1-4-13-10-12(6-5-9-17)7-8-14(13)16-15(18)11(2)19-3/h7-8,10-11,17H,4,9H2,1-3H3,(H,16,18). The number of anilines is 1. The van der Waals surface area contributed by atoms with Gasteiger partial charge in [0.05, 0.1) is 0 Å². The highest BCUT2D eigenvalue weighted by molar-refractivity contribution is 5.94. The van der Waals surface area contributed by atoms with Crippen LogP contribution in [0.2, 0.25) is 0 Å². The summed E-state index contributed by atoms with van der Waals surface area (Å²) in [4.78, 5) is 11.8. The van der Waals surface area contributed by atoms with Crippen LogP contribution in [0.5, 0.6) is 0 Å². The van der Waals surface area contributed by atoms with E-state index in [0.29, 0.717) is 0 Å². The second-order valence-corrected chi connectivity index (χ2v) is 4.05. The van der Waals surface area contributed by atoms with E-state index in [1.54, 1.807) is 6.92 Å². The summed E-state index contributed by atoms with van der Waals surface area (Å²) in [6.45, 7) is 3.54. The molecule has 102 valence electrons. The third-order valence-corrected chi connectivity index (χ3v) is 2.78. The fraction of sp³-hybridized carbons (Fsp3) is 0.400. The molecule has 1 aromatic carbocycles. The van der Waals surface area contributed by atoms with Crippen molar-refractivity contribution in [3.63, 3.8) is 0 Å². The fourth-order valence-electron chi connectivity index (χ4n) is 1.57. The van der Waals surface area contributed by atoms with Gasteiger partial charge < -0.3 is 15.2 Å². The first-order valence-corrected chi connectivity index (χ1v) is 6.18. The average molecular weight is 261 g/mol. The van der Waals surface area contributed by atoms with Gasteiger partial charge in [0.25, 0.3) is 5.91 Å². The molecule has 2 N–H and O–H groups in total. The lowest BCUT2D eigenvalue weighted by Crippen LogP contribution is -2.27. The van der Waals surface area contributed by atoms with Crippen molar-refractivity contribution in [3.8, 4) is 11.8 Å². The van der Waals surface area contributed by atoms with Crippen LogP contribution in [-0.2, 0) is 16.0 Å². The van der Waals surface area contributed by atoms with Crippen molar-refractivity contribution in [1.29, 1.82) is 0 Å². The number of aliphatic hydroxyl groups is 1. The molecule has 1 aromatic rings. The third-order valence-electron chi connectivity index (χ3n) is 2.78. The number of amides is 1. The van der Waals surface area contributed by atoms with Gasteiger partial charge in [0, 0.05) is 18.4 Å². The zero-order valence-electron chi connectivity index (χ0n) is 11.5. The monoisotopic (exact) mass is 261 g/mol. The first kappa shape index (κ1) is 15.2. The number of aryl methyl sites for hydroxylation is 1. The van der Waals surface area contributed by atoms with Gasteiger partial charge in [-0.1, -0.05) is 18.8 Å². The molecule has 0 aliphatic heterocycles. The van der Waals surface area contributed by atoms with Crippen LogP contribution in [0, 0.1) is 11.8 Å². The summed E-state index contributed by atoms with van der Waals surface area (Å²) in [5.41, 5.74) is 2.59. The molecular weight excluding hydrogens is 242 g/mol. The number of benzene rings is 1. The maximum Gasteiger partial charge on any atom is 0.253 e. The molecule has 0 bridgehead atoms. The summed E-state index contributed by atoms with van der Waals surface area (Å²) in [6.07, 6.45) is 0.296. The molecule has 0 spiro atoms. The minimum atomic E-state index is -0.487. The number of carbonyl (C=O) groups is 1. The summed E-state index contributed by atoms with van der Waals surface area (Å²) < 4.78 is 4.97. The summed E-state index contributed by atoms with van der Waals surface area (Å²) in [5.74, 6) is 5.27. The van der Waals surface area contributed by atoms with E-state index in [0.717, 1.165) is 23.2 Å². The molecule has 0 saturated heterocycles. The van der Waals surface area contributed by atoms with Crippen molar-refractivity contribution in [2.75, 3.05) is 19.0 Å². The van der Waals surface area contributed by atoms with Crippen molar-refractivity contribution < 1.29 is 14.6 Å². The Kier molecular flexibility index (Phi) is 6.07. The Hall–Kier alpha value is -1.83. The van der Waals surface area contributed by atoms with Crippen LogP contribution in [0.4, 0.5) is 5.69 Å². The number of hydrogen-bond acceptors (Lipinski definition) is 3. The van der Waals surface area contributed by atoms with E-state index in [9.17, 15) is 4.79 Å². The van der Waals surface area contributed by atoms with Crippen molar-refractivity contribution in [2.24, 2.45) is 0 Å². The van der Waals surface area contributed by atoms with Crippen LogP contribution in [0.15, 0.2) is 18.2 Å². The highest BCUT2D eigenvalue weighted by atomic mass is 16.5.